The summed E-state index contributed by atoms with van der Waals surface area (Å²) in [6.45, 7) is 0. The highest BCUT2D eigenvalue weighted by molar-refractivity contribution is 7.92. The van der Waals surface area contributed by atoms with Crippen molar-refractivity contribution >= 4 is 9.84 Å². The van der Waals surface area contributed by atoms with Crippen molar-refractivity contribution < 1.29 is 13.5 Å². The van der Waals surface area contributed by atoms with Crippen LogP contribution < -0.4 is 0 Å². The zero-order chi connectivity index (χ0) is 17.5. The molecule has 0 aliphatic carbocycles. The summed E-state index contributed by atoms with van der Waals surface area (Å²) in [6, 6.07) is 18.5. The summed E-state index contributed by atoms with van der Waals surface area (Å²) in [7, 11) is -3.03. The molecule has 132 valence electrons. The van der Waals surface area contributed by atoms with Crippen LogP contribution in [0.5, 0.6) is 0 Å². The Morgan fingerprint density at radius 3 is 2.04 bits per heavy atom. The Balaban J connectivity index is 1.52. The minimum absolute atomic E-state index is 0.353. The predicted molar refractivity (Wildman–Crippen MR) is 100 cm³/mol. The molecule has 4 heteroatoms. The first-order valence-corrected chi connectivity index (χ1v) is 10.7. The van der Waals surface area contributed by atoms with E-state index >= 15 is 0 Å². The summed E-state index contributed by atoms with van der Waals surface area (Å²) in [4.78, 5) is 0. The maximum Gasteiger partial charge on any atom is 0.156 e. The summed E-state index contributed by atoms with van der Waals surface area (Å²) < 4.78 is 24.9. The minimum atomic E-state index is -3.03. The summed E-state index contributed by atoms with van der Waals surface area (Å²) in [5.41, 5.74) is 2.50. The van der Waals surface area contributed by atoms with Gasteiger partial charge in [0.2, 0.25) is 0 Å². The highest BCUT2D eigenvalue weighted by Crippen LogP contribution is 2.42. The third-order valence-corrected chi connectivity index (χ3v) is 8.45. The molecule has 2 atom stereocenters. The van der Waals surface area contributed by atoms with Crippen molar-refractivity contribution in [3.8, 4) is 11.1 Å². The number of sulfone groups is 1. The fourth-order valence-corrected chi connectivity index (χ4v) is 7.13. The molecule has 2 fully saturated rings. The predicted octanol–water partition coefficient (Wildman–Crippen LogP) is 3.76. The largest absolute Gasteiger partial charge is 0.389 e. The maximum atomic E-state index is 12.4. The Hall–Kier alpha value is -1.65. The highest BCUT2D eigenvalue weighted by atomic mass is 32.2. The van der Waals surface area contributed by atoms with Gasteiger partial charge in [0.15, 0.2) is 9.84 Å². The Labute approximate surface area is 149 Å². The number of hydrogen-bond acceptors (Lipinski definition) is 3. The quantitative estimate of drug-likeness (QED) is 0.911. The Bertz CT molecular complexity index is 820. The molecule has 25 heavy (non-hydrogen) atoms. The lowest BCUT2D eigenvalue weighted by Crippen LogP contribution is -2.52. The van der Waals surface area contributed by atoms with Gasteiger partial charge in [0.25, 0.3) is 0 Å². The van der Waals surface area contributed by atoms with Gasteiger partial charge < -0.3 is 5.11 Å². The van der Waals surface area contributed by atoms with Crippen LogP contribution in [0.3, 0.4) is 0 Å². The molecule has 2 aromatic rings. The topological polar surface area (TPSA) is 54.4 Å². The molecule has 0 aromatic heterocycles. The van der Waals surface area contributed by atoms with Crippen molar-refractivity contribution in [2.45, 2.75) is 54.6 Å². The Morgan fingerprint density at radius 1 is 0.880 bits per heavy atom. The van der Waals surface area contributed by atoms with Crippen LogP contribution in [0.25, 0.3) is 11.1 Å². The number of rotatable bonds is 3. The molecule has 2 unspecified atom stereocenters. The summed E-state index contributed by atoms with van der Waals surface area (Å²) >= 11 is 0. The molecule has 0 amide bonds. The standard InChI is InChI=1S/C21H24O3S/c22-21(14-19-7-4-8-20(15-21)25(19,23)24)13-16-9-11-18(12-10-16)17-5-2-1-3-6-17/h1-3,5-6,9-12,19-20,22H,4,7-8,13-15H2. The molecule has 2 saturated heterocycles. The second kappa shape index (κ2) is 6.26. The van der Waals surface area contributed by atoms with Crippen LogP contribution in [0.4, 0.5) is 0 Å². The molecule has 2 aliphatic heterocycles. The van der Waals surface area contributed by atoms with Crippen LogP contribution >= 0.6 is 0 Å². The third-order valence-electron chi connectivity index (χ3n) is 5.79. The van der Waals surface area contributed by atoms with Crippen LogP contribution in [-0.4, -0.2) is 29.6 Å². The van der Waals surface area contributed by atoms with E-state index in [4.69, 9.17) is 0 Å². The van der Waals surface area contributed by atoms with E-state index in [1.165, 1.54) is 5.56 Å². The molecule has 0 spiro atoms. The van der Waals surface area contributed by atoms with Crippen molar-refractivity contribution in [3.05, 3.63) is 60.2 Å². The van der Waals surface area contributed by atoms with Gasteiger partial charge in [0.05, 0.1) is 16.1 Å². The molecule has 2 aliphatic rings. The molecule has 2 heterocycles. The average molecular weight is 356 g/mol. The monoisotopic (exact) mass is 356 g/mol. The number of benzene rings is 2. The number of aliphatic hydroxyl groups is 1. The summed E-state index contributed by atoms with van der Waals surface area (Å²) in [6.07, 6.45) is 3.67. The minimum Gasteiger partial charge on any atom is -0.389 e. The van der Waals surface area contributed by atoms with E-state index in [1.54, 1.807) is 0 Å². The van der Waals surface area contributed by atoms with Crippen molar-refractivity contribution in [2.75, 3.05) is 0 Å². The molecule has 1 N–H and O–H groups in total. The number of hydrogen-bond donors (Lipinski definition) is 1. The van der Waals surface area contributed by atoms with E-state index in [2.05, 4.69) is 36.4 Å². The van der Waals surface area contributed by atoms with Crippen LogP contribution in [-0.2, 0) is 16.3 Å². The SMILES string of the molecule is O=S1(=O)C2CCCC1CC(O)(Cc1ccc(-c3ccccc3)cc1)C2. The van der Waals surface area contributed by atoms with Gasteiger partial charge in [-0.1, -0.05) is 61.0 Å². The molecule has 4 rings (SSSR count). The van der Waals surface area contributed by atoms with E-state index in [-0.39, 0.29) is 10.5 Å². The van der Waals surface area contributed by atoms with Gasteiger partial charge in [-0.3, -0.25) is 0 Å². The van der Waals surface area contributed by atoms with Crippen molar-refractivity contribution in [1.82, 2.24) is 0 Å². The van der Waals surface area contributed by atoms with Gasteiger partial charge in [-0.2, -0.15) is 0 Å². The first-order chi connectivity index (χ1) is 12.0. The molecule has 3 nitrogen and oxygen atoms in total. The van der Waals surface area contributed by atoms with Gasteiger partial charge in [-0.25, -0.2) is 8.42 Å². The van der Waals surface area contributed by atoms with Crippen LogP contribution in [0.1, 0.15) is 37.7 Å². The van der Waals surface area contributed by atoms with E-state index in [0.29, 0.717) is 32.1 Å². The molecule has 0 saturated carbocycles. The Kier molecular flexibility index (Phi) is 4.20. The van der Waals surface area contributed by atoms with Crippen molar-refractivity contribution in [1.29, 1.82) is 0 Å². The zero-order valence-corrected chi connectivity index (χ0v) is 15.1. The molecule has 0 radical (unpaired) electrons. The van der Waals surface area contributed by atoms with Crippen molar-refractivity contribution in [2.24, 2.45) is 0 Å². The fourth-order valence-electron chi connectivity index (χ4n) is 4.51. The molecule has 2 aromatic carbocycles. The average Bonchev–Trinajstić information content (AvgIpc) is 2.58. The van der Waals surface area contributed by atoms with Crippen LogP contribution in [0, 0.1) is 0 Å². The van der Waals surface area contributed by atoms with Gasteiger partial charge in [-0.15, -0.1) is 0 Å². The van der Waals surface area contributed by atoms with Gasteiger partial charge in [0.1, 0.15) is 0 Å². The second-order valence-electron chi connectivity index (χ2n) is 7.64. The van der Waals surface area contributed by atoms with Gasteiger partial charge in [0, 0.05) is 6.42 Å². The Morgan fingerprint density at radius 2 is 1.44 bits per heavy atom. The van der Waals surface area contributed by atoms with Gasteiger partial charge >= 0.3 is 0 Å². The molecular formula is C21H24O3S. The summed E-state index contributed by atoms with van der Waals surface area (Å²) in [5, 5.41) is 10.4. The van der Waals surface area contributed by atoms with E-state index in [9.17, 15) is 13.5 Å². The highest BCUT2D eigenvalue weighted by Gasteiger charge is 2.50. The van der Waals surface area contributed by atoms with Crippen LogP contribution in [0.2, 0.25) is 0 Å². The fraction of sp³-hybridized carbons (Fsp3) is 0.429. The second-order valence-corrected chi connectivity index (χ2v) is 10.1. The zero-order valence-electron chi connectivity index (χ0n) is 14.3. The number of fused-ring (bicyclic) bond motifs is 2. The molecular weight excluding hydrogens is 332 g/mol. The smallest absolute Gasteiger partial charge is 0.156 e. The van der Waals surface area contributed by atoms with E-state index < -0.39 is 15.4 Å². The normalized spacial score (nSPS) is 30.8. The first-order valence-electron chi connectivity index (χ1n) is 9.06. The summed E-state index contributed by atoms with van der Waals surface area (Å²) in [5.74, 6) is 0. The van der Waals surface area contributed by atoms with Gasteiger partial charge in [-0.05, 0) is 42.4 Å². The lowest BCUT2D eigenvalue weighted by Gasteiger charge is -2.44. The van der Waals surface area contributed by atoms with E-state index in [0.717, 1.165) is 17.5 Å². The van der Waals surface area contributed by atoms with E-state index in [1.807, 2.05) is 18.2 Å². The first kappa shape index (κ1) is 16.8. The maximum absolute atomic E-state index is 12.4. The van der Waals surface area contributed by atoms with Crippen molar-refractivity contribution in [3.63, 3.8) is 0 Å². The third kappa shape index (κ3) is 3.25. The molecule has 2 bridgehead atoms. The van der Waals surface area contributed by atoms with Crippen LogP contribution in [0.15, 0.2) is 54.6 Å². The lowest BCUT2D eigenvalue weighted by atomic mass is 9.81. The lowest BCUT2D eigenvalue weighted by molar-refractivity contribution is 0.00990.